The van der Waals surface area contributed by atoms with Crippen LogP contribution in [0, 0.1) is 0 Å². The Labute approximate surface area is 63.6 Å². The van der Waals surface area contributed by atoms with Gasteiger partial charge in [-0.2, -0.15) is 18.6 Å². The normalized spacial score (nSPS) is 14.8. The lowest BCUT2D eigenvalue weighted by molar-refractivity contribution is 0.0488. The third-order valence-corrected chi connectivity index (χ3v) is 1.39. The predicted octanol–water partition coefficient (Wildman–Crippen LogP) is -2.51. The van der Waals surface area contributed by atoms with Gasteiger partial charge in [-0.25, -0.2) is 4.18 Å². The summed E-state index contributed by atoms with van der Waals surface area (Å²) in [4.78, 5) is 0. The lowest BCUT2D eigenvalue weighted by Crippen LogP contribution is -2.24. The molecule has 1 atom stereocenters. The van der Waals surface area contributed by atoms with E-state index in [9.17, 15) is 8.42 Å². The molecule has 0 spiro atoms. The van der Waals surface area contributed by atoms with Crippen LogP contribution in [-0.4, -0.2) is 37.9 Å². The summed E-state index contributed by atoms with van der Waals surface area (Å²) in [7, 11) is -4.22. The molecule has 0 aliphatic carbocycles. The number of nitrogens with two attached hydrogens (primary N) is 1. The summed E-state index contributed by atoms with van der Waals surface area (Å²) < 4.78 is 27.9. The average Bonchev–Trinajstić information content (AvgIpc) is 2.00. The molecule has 0 aromatic carbocycles. The Morgan fingerprint density at radius 1 is 1.55 bits per heavy atom. The van der Waals surface area contributed by atoms with Crippen molar-refractivity contribution in [3.05, 3.63) is 0 Å². The monoisotopic (exact) mass is 187 g/mol. The molecule has 0 rings (SSSR count). The van der Waals surface area contributed by atoms with E-state index in [-0.39, 0.29) is 0 Å². The Balaban J connectivity index is 3.71. The van der Waals surface area contributed by atoms with Gasteiger partial charge in [-0.05, 0) is 0 Å². The molecule has 0 aromatic heterocycles. The summed E-state index contributed by atoms with van der Waals surface area (Å²) in [6.45, 7) is -1.18. The zero-order chi connectivity index (χ0) is 8.91. The summed E-state index contributed by atoms with van der Waals surface area (Å²) in [5.41, 5.74) is 0. The van der Waals surface area contributed by atoms with Crippen LogP contribution in [0.3, 0.4) is 0 Å². The standard InChI is InChI=1S/C3H9NO6S/c4-10-11(7,8)9-2-3(6)1-5/h3,5-6H,1-2,4H2/t3-/m1/s1. The molecule has 11 heavy (non-hydrogen) atoms. The van der Waals surface area contributed by atoms with Crippen molar-refractivity contribution in [2.45, 2.75) is 6.10 Å². The number of hydrogen-bond acceptors (Lipinski definition) is 7. The summed E-state index contributed by atoms with van der Waals surface area (Å²) in [6, 6.07) is 0. The van der Waals surface area contributed by atoms with E-state index in [1.807, 2.05) is 0 Å². The molecule has 0 saturated heterocycles. The Morgan fingerprint density at radius 2 is 2.09 bits per heavy atom. The van der Waals surface area contributed by atoms with E-state index in [0.29, 0.717) is 0 Å². The first-order valence-corrected chi connectivity index (χ1v) is 3.92. The Bertz CT molecular complexity index is 188. The second-order valence-corrected chi connectivity index (χ2v) is 2.87. The first-order valence-electron chi connectivity index (χ1n) is 2.58. The van der Waals surface area contributed by atoms with Crippen LogP contribution in [0.4, 0.5) is 0 Å². The van der Waals surface area contributed by atoms with E-state index in [1.54, 1.807) is 0 Å². The van der Waals surface area contributed by atoms with Crippen LogP contribution in [-0.2, 0) is 18.9 Å². The Hall–Kier alpha value is -0.250. The van der Waals surface area contributed by atoms with E-state index < -0.39 is 29.7 Å². The van der Waals surface area contributed by atoms with Crippen LogP contribution in [0.5, 0.6) is 0 Å². The first kappa shape index (κ1) is 10.8. The van der Waals surface area contributed by atoms with Crippen molar-refractivity contribution >= 4 is 10.4 Å². The molecular formula is C3H9NO6S. The third-order valence-electron chi connectivity index (χ3n) is 0.733. The second kappa shape index (κ2) is 4.59. The number of rotatable bonds is 5. The number of aliphatic hydroxyl groups is 2. The van der Waals surface area contributed by atoms with Crippen LogP contribution in [0.15, 0.2) is 0 Å². The minimum Gasteiger partial charge on any atom is -0.394 e. The Morgan fingerprint density at radius 3 is 2.45 bits per heavy atom. The highest BCUT2D eigenvalue weighted by atomic mass is 32.3. The van der Waals surface area contributed by atoms with E-state index in [1.165, 1.54) is 0 Å². The van der Waals surface area contributed by atoms with Gasteiger partial charge in [0.15, 0.2) is 0 Å². The molecule has 0 fully saturated rings. The van der Waals surface area contributed by atoms with Crippen LogP contribution < -0.4 is 5.90 Å². The van der Waals surface area contributed by atoms with Crippen molar-refractivity contribution in [3.63, 3.8) is 0 Å². The maximum Gasteiger partial charge on any atom is 0.415 e. The molecule has 0 aliphatic heterocycles. The highest BCUT2D eigenvalue weighted by Crippen LogP contribution is 1.92. The van der Waals surface area contributed by atoms with Gasteiger partial charge in [-0.3, -0.25) is 0 Å². The van der Waals surface area contributed by atoms with E-state index in [2.05, 4.69) is 14.4 Å². The van der Waals surface area contributed by atoms with Gasteiger partial charge in [0, 0.05) is 0 Å². The molecule has 0 amide bonds. The van der Waals surface area contributed by atoms with Crippen molar-refractivity contribution in [2.75, 3.05) is 13.2 Å². The van der Waals surface area contributed by atoms with Crippen molar-refractivity contribution in [1.82, 2.24) is 0 Å². The molecule has 8 heteroatoms. The maximum absolute atomic E-state index is 10.3. The van der Waals surface area contributed by atoms with Crippen molar-refractivity contribution in [3.8, 4) is 0 Å². The topological polar surface area (TPSA) is 119 Å². The van der Waals surface area contributed by atoms with Gasteiger partial charge in [-0.1, -0.05) is 0 Å². The molecule has 0 bridgehead atoms. The largest absolute Gasteiger partial charge is 0.415 e. The van der Waals surface area contributed by atoms with Gasteiger partial charge in [-0.15, -0.1) is 0 Å². The maximum atomic E-state index is 10.3. The smallest absolute Gasteiger partial charge is 0.394 e. The van der Waals surface area contributed by atoms with Gasteiger partial charge >= 0.3 is 10.4 Å². The minimum absolute atomic E-state index is 0.587. The van der Waals surface area contributed by atoms with Crippen molar-refractivity contribution < 1.29 is 27.1 Å². The highest BCUT2D eigenvalue weighted by molar-refractivity contribution is 7.81. The SMILES string of the molecule is NOS(=O)(=O)OC[C@H](O)CO. The van der Waals surface area contributed by atoms with Gasteiger partial charge in [0.1, 0.15) is 6.10 Å². The Kier molecular flexibility index (Phi) is 4.49. The quantitative estimate of drug-likeness (QED) is 0.407. The fourth-order valence-corrected chi connectivity index (χ4v) is 0.622. The van der Waals surface area contributed by atoms with Gasteiger partial charge in [0.05, 0.1) is 13.2 Å². The van der Waals surface area contributed by atoms with Gasteiger partial charge in [0.2, 0.25) is 0 Å². The third kappa shape index (κ3) is 5.07. The molecule has 68 valence electrons. The summed E-state index contributed by atoms with van der Waals surface area (Å²) in [5.74, 6) is 4.28. The predicted molar refractivity (Wildman–Crippen MR) is 33.2 cm³/mol. The summed E-state index contributed by atoms with van der Waals surface area (Å²) in [6.07, 6.45) is -1.26. The number of hydrogen-bond donors (Lipinski definition) is 3. The van der Waals surface area contributed by atoms with Crippen LogP contribution in [0.25, 0.3) is 0 Å². The molecule has 0 saturated carbocycles. The van der Waals surface area contributed by atoms with Gasteiger partial charge < -0.3 is 10.2 Å². The molecule has 4 N–H and O–H groups in total. The molecule has 0 radical (unpaired) electrons. The molecular weight excluding hydrogens is 178 g/mol. The van der Waals surface area contributed by atoms with Crippen LogP contribution in [0.1, 0.15) is 0 Å². The molecule has 0 aliphatic rings. The highest BCUT2D eigenvalue weighted by Gasteiger charge is 2.12. The molecule has 7 nitrogen and oxygen atoms in total. The molecule has 0 aromatic rings. The summed E-state index contributed by atoms with van der Waals surface area (Å²) in [5, 5.41) is 16.8. The summed E-state index contributed by atoms with van der Waals surface area (Å²) >= 11 is 0. The van der Waals surface area contributed by atoms with Crippen LogP contribution >= 0.6 is 0 Å². The molecule has 0 heterocycles. The van der Waals surface area contributed by atoms with Crippen molar-refractivity contribution in [1.29, 1.82) is 0 Å². The fraction of sp³-hybridized carbons (Fsp3) is 1.00. The first-order chi connectivity index (χ1) is 5.02. The lowest BCUT2D eigenvalue weighted by Gasteiger charge is -2.05. The van der Waals surface area contributed by atoms with Crippen molar-refractivity contribution in [2.24, 2.45) is 5.90 Å². The van der Waals surface area contributed by atoms with Crippen LogP contribution in [0.2, 0.25) is 0 Å². The zero-order valence-corrected chi connectivity index (χ0v) is 6.32. The van der Waals surface area contributed by atoms with E-state index >= 15 is 0 Å². The van der Waals surface area contributed by atoms with E-state index in [4.69, 9.17) is 10.2 Å². The minimum atomic E-state index is -4.22. The van der Waals surface area contributed by atoms with E-state index in [0.717, 1.165) is 0 Å². The van der Waals surface area contributed by atoms with Gasteiger partial charge in [0.25, 0.3) is 0 Å². The number of aliphatic hydroxyl groups excluding tert-OH is 2. The average molecular weight is 187 g/mol. The second-order valence-electron chi connectivity index (χ2n) is 1.63. The zero-order valence-electron chi connectivity index (χ0n) is 5.50. The molecule has 0 unspecified atom stereocenters. The lowest BCUT2D eigenvalue weighted by atomic mass is 10.4. The fourth-order valence-electron chi connectivity index (χ4n) is 0.242.